The summed E-state index contributed by atoms with van der Waals surface area (Å²) in [5.41, 5.74) is 0. The molecule has 2 nitrogen and oxygen atoms in total. The SMILES string of the molecule is C=CCCC(C)NCC(O)c1ccc(Cl)s1. The second kappa shape index (κ2) is 7.07. The highest BCUT2D eigenvalue weighted by molar-refractivity contribution is 7.16. The Balaban J connectivity index is 2.29. The van der Waals surface area contributed by atoms with E-state index < -0.39 is 6.10 Å². The molecule has 0 radical (unpaired) electrons. The molecule has 0 aromatic carbocycles. The Kier molecular flexibility index (Phi) is 6.06. The van der Waals surface area contributed by atoms with Gasteiger partial charge >= 0.3 is 0 Å². The number of allylic oxidation sites excluding steroid dienone is 1. The summed E-state index contributed by atoms with van der Waals surface area (Å²) in [6.45, 7) is 6.36. The Morgan fingerprint density at radius 2 is 2.38 bits per heavy atom. The topological polar surface area (TPSA) is 32.3 Å². The van der Waals surface area contributed by atoms with Crippen molar-refractivity contribution in [1.29, 1.82) is 0 Å². The average Bonchev–Trinajstić information content (AvgIpc) is 2.69. The van der Waals surface area contributed by atoms with E-state index in [0.717, 1.165) is 17.7 Å². The Morgan fingerprint density at radius 1 is 1.62 bits per heavy atom. The highest BCUT2D eigenvalue weighted by atomic mass is 35.5. The monoisotopic (exact) mass is 259 g/mol. The normalized spacial score (nSPS) is 14.7. The fourth-order valence-corrected chi connectivity index (χ4v) is 2.44. The van der Waals surface area contributed by atoms with E-state index in [4.69, 9.17) is 11.6 Å². The van der Waals surface area contributed by atoms with Crippen LogP contribution in [0.15, 0.2) is 24.8 Å². The number of halogens is 1. The molecule has 0 fully saturated rings. The molecule has 0 bridgehead atoms. The molecular weight excluding hydrogens is 242 g/mol. The lowest BCUT2D eigenvalue weighted by Crippen LogP contribution is -2.30. The Bertz CT molecular complexity index is 327. The van der Waals surface area contributed by atoms with Gasteiger partial charge in [0.25, 0.3) is 0 Å². The molecule has 0 aliphatic carbocycles. The van der Waals surface area contributed by atoms with Gasteiger partial charge < -0.3 is 10.4 Å². The second-order valence-corrected chi connectivity index (χ2v) is 5.58. The molecule has 0 amide bonds. The highest BCUT2D eigenvalue weighted by Crippen LogP contribution is 2.26. The van der Waals surface area contributed by atoms with E-state index in [1.807, 2.05) is 18.2 Å². The van der Waals surface area contributed by atoms with Gasteiger partial charge in [-0.2, -0.15) is 0 Å². The first-order valence-electron chi connectivity index (χ1n) is 5.41. The number of aliphatic hydroxyl groups excluding tert-OH is 1. The molecular formula is C12H18ClNOS. The van der Waals surface area contributed by atoms with E-state index >= 15 is 0 Å². The van der Waals surface area contributed by atoms with E-state index in [9.17, 15) is 5.11 Å². The summed E-state index contributed by atoms with van der Waals surface area (Å²) in [4.78, 5) is 0.911. The zero-order chi connectivity index (χ0) is 12.0. The number of hydrogen-bond donors (Lipinski definition) is 2. The smallest absolute Gasteiger partial charge is 0.101 e. The van der Waals surface area contributed by atoms with Crippen molar-refractivity contribution in [1.82, 2.24) is 5.32 Å². The second-order valence-electron chi connectivity index (χ2n) is 3.83. The molecule has 2 N–H and O–H groups in total. The summed E-state index contributed by atoms with van der Waals surface area (Å²) in [6, 6.07) is 4.07. The van der Waals surface area contributed by atoms with Crippen LogP contribution in [0.5, 0.6) is 0 Å². The lowest BCUT2D eigenvalue weighted by molar-refractivity contribution is 0.173. The van der Waals surface area contributed by atoms with Crippen LogP contribution >= 0.6 is 22.9 Å². The molecule has 1 aromatic rings. The van der Waals surface area contributed by atoms with Crippen LogP contribution < -0.4 is 5.32 Å². The van der Waals surface area contributed by atoms with Crippen molar-refractivity contribution >= 4 is 22.9 Å². The molecule has 90 valence electrons. The minimum atomic E-state index is -0.469. The first-order valence-corrected chi connectivity index (χ1v) is 6.60. The molecule has 4 heteroatoms. The molecule has 0 spiro atoms. The molecule has 0 aliphatic heterocycles. The third kappa shape index (κ3) is 4.66. The predicted molar refractivity (Wildman–Crippen MR) is 71.2 cm³/mol. The van der Waals surface area contributed by atoms with Crippen molar-refractivity contribution in [2.45, 2.75) is 31.9 Å². The van der Waals surface area contributed by atoms with Crippen molar-refractivity contribution < 1.29 is 5.11 Å². The summed E-state index contributed by atoms with van der Waals surface area (Å²) in [6.07, 6.45) is 3.48. The Labute approximate surface area is 106 Å². The first-order chi connectivity index (χ1) is 7.63. The highest BCUT2D eigenvalue weighted by Gasteiger charge is 2.11. The number of rotatable bonds is 7. The van der Waals surface area contributed by atoms with Crippen LogP contribution in [-0.2, 0) is 0 Å². The zero-order valence-corrected chi connectivity index (χ0v) is 11.0. The Morgan fingerprint density at radius 3 is 2.94 bits per heavy atom. The van der Waals surface area contributed by atoms with E-state index in [0.29, 0.717) is 16.9 Å². The number of nitrogens with one attached hydrogen (secondary N) is 1. The summed E-state index contributed by atoms with van der Waals surface area (Å²) in [5, 5.41) is 13.2. The lowest BCUT2D eigenvalue weighted by Gasteiger charge is -2.15. The van der Waals surface area contributed by atoms with Crippen LogP contribution in [0.25, 0.3) is 0 Å². The first kappa shape index (κ1) is 13.7. The van der Waals surface area contributed by atoms with Gasteiger partial charge in [0, 0.05) is 17.5 Å². The minimum absolute atomic E-state index is 0.392. The molecule has 1 rings (SSSR count). The number of aliphatic hydroxyl groups is 1. The summed E-state index contributed by atoms with van der Waals surface area (Å²) in [5.74, 6) is 0. The van der Waals surface area contributed by atoms with Crippen molar-refractivity contribution in [3.63, 3.8) is 0 Å². The number of thiophene rings is 1. The molecule has 0 aliphatic rings. The molecule has 2 atom stereocenters. The third-order valence-electron chi connectivity index (χ3n) is 2.39. The maximum absolute atomic E-state index is 9.88. The average molecular weight is 260 g/mol. The fourth-order valence-electron chi connectivity index (χ4n) is 1.39. The third-order valence-corrected chi connectivity index (χ3v) is 3.72. The fraction of sp³-hybridized carbons (Fsp3) is 0.500. The van der Waals surface area contributed by atoms with Crippen molar-refractivity contribution in [2.75, 3.05) is 6.54 Å². The standard InChI is InChI=1S/C12H18ClNOS/c1-3-4-5-9(2)14-8-10(15)11-6-7-12(13)16-11/h3,6-7,9-10,14-15H,1,4-5,8H2,2H3. The molecule has 1 aromatic heterocycles. The van der Waals surface area contributed by atoms with Crippen LogP contribution in [0.4, 0.5) is 0 Å². The van der Waals surface area contributed by atoms with Crippen molar-refractivity contribution in [2.24, 2.45) is 0 Å². The van der Waals surface area contributed by atoms with Crippen molar-refractivity contribution in [3.8, 4) is 0 Å². The summed E-state index contributed by atoms with van der Waals surface area (Å²) < 4.78 is 0.716. The maximum atomic E-state index is 9.88. The van der Waals surface area contributed by atoms with Gasteiger partial charge in [-0.15, -0.1) is 17.9 Å². The van der Waals surface area contributed by atoms with Gasteiger partial charge in [0.2, 0.25) is 0 Å². The van der Waals surface area contributed by atoms with E-state index in [2.05, 4.69) is 18.8 Å². The summed E-state index contributed by atoms with van der Waals surface area (Å²) >= 11 is 7.24. The van der Waals surface area contributed by atoms with Crippen LogP contribution in [0.3, 0.4) is 0 Å². The molecule has 0 saturated carbocycles. The molecule has 16 heavy (non-hydrogen) atoms. The van der Waals surface area contributed by atoms with Gasteiger partial charge in [0.15, 0.2) is 0 Å². The van der Waals surface area contributed by atoms with Crippen LogP contribution in [0.2, 0.25) is 4.34 Å². The minimum Gasteiger partial charge on any atom is -0.386 e. The maximum Gasteiger partial charge on any atom is 0.101 e. The quantitative estimate of drug-likeness (QED) is 0.736. The molecule has 0 saturated heterocycles. The summed E-state index contributed by atoms with van der Waals surface area (Å²) in [7, 11) is 0. The Hall–Kier alpha value is -0.350. The van der Waals surface area contributed by atoms with Gasteiger partial charge in [0.1, 0.15) is 6.10 Å². The van der Waals surface area contributed by atoms with E-state index in [1.54, 1.807) is 0 Å². The molecule has 2 unspecified atom stereocenters. The van der Waals surface area contributed by atoms with E-state index in [-0.39, 0.29) is 0 Å². The van der Waals surface area contributed by atoms with Crippen molar-refractivity contribution in [3.05, 3.63) is 34.0 Å². The largest absolute Gasteiger partial charge is 0.386 e. The van der Waals surface area contributed by atoms with Gasteiger partial charge in [-0.3, -0.25) is 0 Å². The lowest BCUT2D eigenvalue weighted by atomic mass is 10.1. The number of hydrogen-bond acceptors (Lipinski definition) is 3. The van der Waals surface area contributed by atoms with Gasteiger partial charge in [-0.05, 0) is 31.9 Å². The van der Waals surface area contributed by atoms with Gasteiger partial charge in [-0.1, -0.05) is 17.7 Å². The van der Waals surface area contributed by atoms with Crippen LogP contribution in [0.1, 0.15) is 30.7 Å². The van der Waals surface area contributed by atoms with Crippen LogP contribution in [-0.4, -0.2) is 17.7 Å². The predicted octanol–water partition coefficient (Wildman–Crippen LogP) is 3.38. The molecule has 1 heterocycles. The van der Waals surface area contributed by atoms with Gasteiger partial charge in [-0.25, -0.2) is 0 Å². The van der Waals surface area contributed by atoms with Crippen LogP contribution in [0, 0.1) is 0 Å². The van der Waals surface area contributed by atoms with Gasteiger partial charge in [0.05, 0.1) is 4.34 Å². The zero-order valence-electron chi connectivity index (χ0n) is 9.45. The van der Waals surface area contributed by atoms with E-state index in [1.165, 1.54) is 11.3 Å².